The molecule has 1 nitrogen and oxygen atoms in total. The summed E-state index contributed by atoms with van der Waals surface area (Å²) >= 11 is 0. The molecule has 2 aliphatic rings. The van der Waals surface area contributed by atoms with E-state index in [4.69, 9.17) is 0 Å². The number of Topliss-reactive ketones (excluding diaryl/α,β-unsaturated/α-hetero) is 1. The van der Waals surface area contributed by atoms with Crippen molar-refractivity contribution in [2.75, 3.05) is 0 Å². The molecule has 1 aromatic rings. The number of hydrogen-bond donors (Lipinski definition) is 0. The Hall–Kier alpha value is -1.63. The second kappa shape index (κ2) is 4.19. The quantitative estimate of drug-likeness (QED) is 0.719. The minimum absolute atomic E-state index is 0.118. The number of benzene rings is 1. The first kappa shape index (κ1) is 12.4. The Morgan fingerprint density at radius 1 is 1.16 bits per heavy atom. The first-order chi connectivity index (χ1) is 8.98. The highest BCUT2D eigenvalue weighted by Gasteiger charge is 2.35. The lowest BCUT2D eigenvalue weighted by Crippen LogP contribution is -2.27. The fourth-order valence-electron chi connectivity index (χ4n) is 3.58. The lowest BCUT2D eigenvalue weighted by Gasteiger charge is -2.33. The van der Waals surface area contributed by atoms with E-state index in [0.717, 1.165) is 12.0 Å². The van der Waals surface area contributed by atoms with Crippen molar-refractivity contribution >= 4 is 11.9 Å². The normalized spacial score (nSPS) is 24.8. The maximum atomic E-state index is 12.5. The van der Waals surface area contributed by atoms with Crippen LogP contribution in [0.5, 0.6) is 0 Å². The molecule has 0 fully saturated rings. The fourth-order valence-corrected chi connectivity index (χ4v) is 3.58. The SMILES string of the molecule is CC1=C(C2C=Cc3ccccc32)C(=O)CC(C)(C)C1. The first-order valence-electron chi connectivity index (χ1n) is 6.98. The van der Waals surface area contributed by atoms with E-state index in [-0.39, 0.29) is 11.3 Å². The number of allylic oxidation sites excluding steroid dienone is 3. The fraction of sp³-hybridized carbons (Fsp3) is 0.389. The maximum Gasteiger partial charge on any atom is 0.160 e. The van der Waals surface area contributed by atoms with Crippen molar-refractivity contribution in [2.24, 2.45) is 5.41 Å². The zero-order chi connectivity index (χ0) is 13.6. The minimum Gasteiger partial charge on any atom is -0.294 e. The van der Waals surface area contributed by atoms with Crippen LogP contribution >= 0.6 is 0 Å². The van der Waals surface area contributed by atoms with Crippen molar-refractivity contribution in [1.29, 1.82) is 0 Å². The Morgan fingerprint density at radius 2 is 1.89 bits per heavy atom. The summed E-state index contributed by atoms with van der Waals surface area (Å²) in [4.78, 5) is 12.5. The van der Waals surface area contributed by atoms with E-state index < -0.39 is 0 Å². The number of ketones is 1. The van der Waals surface area contributed by atoms with Gasteiger partial charge in [0.2, 0.25) is 0 Å². The van der Waals surface area contributed by atoms with Crippen LogP contribution in [-0.4, -0.2) is 5.78 Å². The average molecular weight is 252 g/mol. The molecule has 0 bridgehead atoms. The van der Waals surface area contributed by atoms with Crippen LogP contribution in [0.25, 0.3) is 6.08 Å². The summed E-state index contributed by atoms with van der Waals surface area (Å²) in [6.45, 7) is 6.50. The summed E-state index contributed by atoms with van der Waals surface area (Å²) in [5.74, 6) is 0.514. The number of carbonyl (C=O) groups excluding carboxylic acids is 1. The van der Waals surface area contributed by atoms with Gasteiger partial charge in [-0.1, -0.05) is 55.8 Å². The molecule has 0 saturated carbocycles. The molecule has 1 aromatic carbocycles. The van der Waals surface area contributed by atoms with Gasteiger partial charge < -0.3 is 0 Å². The average Bonchev–Trinajstić information content (AvgIpc) is 2.71. The molecular weight excluding hydrogens is 232 g/mol. The zero-order valence-electron chi connectivity index (χ0n) is 11.9. The predicted molar refractivity (Wildman–Crippen MR) is 78.9 cm³/mol. The van der Waals surface area contributed by atoms with Crippen LogP contribution in [0.2, 0.25) is 0 Å². The molecule has 1 heteroatoms. The summed E-state index contributed by atoms with van der Waals surface area (Å²) in [5, 5.41) is 0. The van der Waals surface area contributed by atoms with Crippen LogP contribution in [0.4, 0.5) is 0 Å². The Kier molecular flexibility index (Phi) is 2.74. The number of carbonyl (C=O) groups is 1. The smallest absolute Gasteiger partial charge is 0.160 e. The molecule has 19 heavy (non-hydrogen) atoms. The van der Waals surface area contributed by atoms with Crippen LogP contribution in [-0.2, 0) is 4.79 Å². The van der Waals surface area contributed by atoms with Crippen LogP contribution in [0, 0.1) is 5.41 Å². The van der Waals surface area contributed by atoms with E-state index in [1.807, 2.05) is 0 Å². The standard InChI is InChI=1S/C18H20O/c1-12-10-18(2,3)11-16(19)17(12)15-9-8-13-6-4-5-7-14(13)15/h4-9,15H,10-11H2,1-3H3. The van der Waals surface area contributed by atoms with Gasteiger partial charge in [0.1, 0.15) is 0 Å². The van der Waals surface area contributed by atoms with Crippen molar-refractivity contribution in [1.82, 2.24) is 0 Å². The van der Waals surface area contributed by atoms with Gasteiger partial charge in [0, 0.05) is 17.9 Å². The molecule has 1 atom stereocenters. The molecule has 0 spiro atoms. The molecule has 0 amide bonds. The van der Waals surface area contributed by atoms with E-state index in [2.05, 4.69) is 57.2 Å². The van der Waals surface area contributed by atoms with E-state index in [1.165, 1.54) is 16.7 Å². The Balaban J connectivity index is 2.05. The van der Waals surface area contributed by atoms with Gasteiger partial charge in [-0.15, -0.1) is 0 Å². The molecule has 0 N–H and O–H groups in total. The Bertz CT molecular complexity index is 602. The van der Waals surface area contributed by atoms with E-state index in [9.17, 15) is 4.79 Å². The van der Waals surface area contributed by atoms with Crippen molar-refractivity contribution in [3.63, 3.8) is 0 Å². The molecule has 2 aliphatic carbocycles. The van der Waals surface area contributed by atoms with Crippen molar-refractivity contribution in [2.45, 2.75) is 39.5 Å². The summed E-state index contributed by atoms with van der Waals surface area (Å²) in [7, 11) is 0. The third-order valence-corrected chi connectivity index (χ3v) is 4.25. The summed E-state index contributed by atoms with van der Waals surface area (Å²) in [5.41, 5.74) is 4.97. The lowest BCUT2D eigenvalue weighted by atomic mass is 9.70. The third kappa shape index (κ3) is 2.07. The second-order valence-electron chi connectivity index (χ2n) is 6.60. The molecule has 0 radical (unpaired) electrons. The minimum atomic E-state index is 0.118. The zero-order valence-corrected chi connectivity index (χ0v) is 11.9. The topological polar surface area (TPSA) is 17.1 Å². The highest BCUT2D eigenvalue weighted by atomic mass is 16.1. The molecule has 3 rings (SSSR count). The van der Waals surface area contributed by atoms with Crippen molar-refractivity contribution in [3.05, 3.63) is 52.6 Å². The molecule has 1 unspecified atom stereocenters. The van der Waals surface area contributed by atoms with E-state index >= 15 is 0 Å². The summed E-state index contributed by atoms with van der Waals surface area (Å²) in [6, 6.07) is 8.39. The lowest BCUT2D eigenvalue weighted by molar-refractivity contribution is -0.118. The van der Waals surface area contributed by atoms with Crippen LogP contribution in [0.1, 0.15) is 50.7 Å². The Morgan fingerprint density at radius 3 is 2.63 bits per heavy atom. The van der Waals surface area contributed by atoms with Gasteiger partial charge in [-0.25, -0.2) is 0 Å². The third-order valence-electron chi connectivity index (χ3n) is 4.25. The highest BCUT2D eigenvalue weighted by molar-refractivity contribution is 6.00. The van der Waals surface area contributed by atoms with Crippen LogP contribution in [0.3, 0.4) is 0 Å². The van der Waals surface area contributed by atoms with Crippen molar-refractivity contribution in [3.8, 4) is 0 Å². The first-order valence-corrected chi connectivity index (χ1v) is 6.98. The monoisotopic (exact) mass is 252 g/mol. The maximum absolute atomic E-state index is 12.5. The Labute approximate surface area is 115 Å². The highest BCUT2D eigenvalue weighted by Crippen LogP contribution is 2.44. The summed E-state index contributed by atoms with van der Waals surface area (Å²) in [6.07, 6.45) is 6.03. The predicted octanol–water partition coefficient (Wildman–Crippen LogP) is 4.50. The van der Waals surface area contributed by atoms with Crippen molar-refractivity contribution < 1.29 is 4.79 Å². The van der Waals surface area contributed by atoms with Crippen LogP contribution in [0.15, 0.2) is 41.5 Å². The van der Waals surface area contributed by atoms with Gasteiger partial charge in [0.05, 0.1) is 0 Å². The van der Waals surface area contributed by atoms with Gasteiger partial charge in [-0.05, 0) is 29.9 Å². The van der Waals surface area contributed by atoms with Gasteiger partial charge in [-0.2, -0.15) is 0 Å². The molecule has 0 saturated heterocycles. The van der Waals surface area contributed by atoms with E-state index in [1.54, 1.807) is 0 Å². The van der Waals surface area contributed by atoms with Crippen LogP contribution < -0.4 is 0 Å². The summed E-state index contributed by atoms with van der Waals surface area (Å²) < 4.78 is 0. The second-order valence-corrected chi connectivity index (χ2v) is 6.60. The van der Waals surface area contributed by atoms with Gasteiger partial charge >= 0.3 is 0 Å². The molecule has 0 heterocycles. The molecular formula is C18H20O. The van der Waals surface area contributed by atoms with E-state index in [0.29, 0.717) is 12.2 Å². The van der Waals surface area contributed by atoms with Gasteiger partial charge in [0.15, 0.2) is 5.78 Å². The number of hydrogen-bond acceptors (Lipinski definition) is 1. The number of fused-ring (bicyclic) bond motifs is 1. The molecule has 0 aromatic heterocycles. The van der Waals surface area contributed by atoms with Gasteiger partial charge in [-0.3, -0.25) is 4.79 Å². The largest absolute Gasteiger partial charge is 0.294 e. The number of rotatable bonds is 1. The van der Waals surface area contributed by atoms with Gasteiger partial charge in [0.25, 0.3) is 0 Å². The molecule has 98 valence electrons. The molecule has 0 aliphatic heterocycles.